The van der Waals surface area contributed by atoms with Crippen molar-refractivity contribution in [2.24, 2.45) is 0 Å². The van der Waals surface area contributed by atoms with Gasteiger partial charge in [0.2, 0.25) is 0 Å². The third-order valence-corrected chi connectivity index (χ3v) is 5.67. The lowest BCUT2D eigenvalue weighted by Gasteiger charge is -2.12. The Morgan fingerprint density at radius 3 is 2.30 bits per heavy atom. The molecule has 0 saturated heterocycles. The van der Waals surface area contributed by atoms with Crippen LogP contribution in [0.5, 0.6) is 5.75 Å². The maximum absolute atomic E-state index is 11.7. The molecule has 136 valence electrons. The van der Waals surface area contributed by atoms with Crippen LogP contribution in [-0.2, 0) is 14.4 Å². The standard InChI is InChI=1S/C21H18N2O3S/c1-26-18-7-3-16(4-8-18)20-11-17(13-23-14-22-12-21(20)23)15-5-9-19(10-6-15)27(2,24)25/h3-14H,1-2H3. The summed E-state index contributed by atoms with van der Waals surface area (Å²) in [6, 6.07) is 16.9. The SMILES string of the molecule is COc1ccc(-c2cc(-c3ccc([S+](C)(=O)[O-])cc3)cn3cncc23)cc1. The highest BCUT2D eigenvalue weighted by Gasteiger charge is 2.13. The molecule has 0 aliphatic heterocycles. The Morgan fingerprint density at radius 1 is 1.00 bits per heavy atom. The first-order valence-corrected chi connectivity index (χ1v) is 10.3. The van der Waals surface area contributed by atoms with Crippen molar-refractivity contribution in [2.75, 3.05) is 13.4 Å². The lowest BCUT2D eigenvalue weighted by atomic mass is 10.0. The molecule has 6 heteroatoms. The molecular weight excluding hydrogens is 360 g/mol. The molecule has 4 aromatic rings. The van der Waals surface area contributed by atoms with Gasteiger partial charge in [-0.2, -0.15) is 0 Å². The van der Waals surface area contributed by atoms with Crippen LogP contribution >= 0.6 is 0 Å². The van der Waals surface area contributed by atoms with Crippen molar-refractivity contribution in [1.82, 2.24) is 9.38 Å². The number of imidazole rings is 1. The third-order valence-electron chi connectivity index (χ3n) is 4.54. The number of fused-ring (bicyclic) bond motifs is 1. The summed E-state index contributed by atoms with van der Waals surface area (Å²) in [4.78, 5) is 4.57. The molecule has 1 atom stereocenters. The zero-order valence-corrected chi connectivity index (χ0v) is 15.8. The van der Waals surface area contributed by atoms with E-state index < -0.39 is 10.2 Å². The Labute approximate surface area is 158 Å². The highest BCUT2D eigenvalue weighted by atomic mass is 32.3. The van der Waals surface area contributed by atoms with Gasteiger partial charge < -0.3 is 13.7 Å². The second-order valence-electron chi connectivity index (χ2n) is 6.35. The van der Waals surface area contributed by atoms with E-state index in [9.17, 15) is 8.76 Å². The minimum Gasteiger partial charge on any atom is -0.610 e. The molecule has 2 heterocycles. The highest BCUT2D eigenvalue weighted by Crippen LogP contribution is 2.31. The topological polar surface area (TPSA) is 66.7 Å². The van der Waals surface area contributed by atoms with Gasteiger partial charge in [-0.3, -0.25) is 0 Å². The fourth-order valence-electron chi connectivity index (χ4n) is 3.09. The van der Waals surface area contributed by atoms with Crippen LogP contribution in [0.25, 0.3) is 27.8 Å². The molecule has 2 aromatic carbocycles. The van der Waals surface area contributed by atoms with Crippen LogP contribution in [0.1, 0.15) is 0 Å². The normalized spacial score (nSPS) is 13.4. The average Bonchev–Trinajstić information content (AvgIpc) is 3.15. The number of aromatic nitrogens is 2. The van der Waals surface area contributed by atoms with Gasteiger partial charge in [-0.15, -0.1) is 4.21 Å². The summed E-state index contributed by atoms with van der Waals surface area (Å²) < 4.78 is 30.6. The van der Waals surface area contributed by atoms with Crippen LogP contribution in [0.2, 0.25) is 0 Å². The van der Waals surface area contributed by atoms with E-state index in [0.717, 1.165) is 33.5 Å². The molecule has 27 heavy (non-hydrogen) atoms. The van der Waals surface area contributed by atoms with E-state index in [0.29, 0.717) is 4.90 Å². The fourth-order valence-corrected chi connectivity index (χ4v) is 3.72. The van der Waals surface area contributed by atoms with E-state index in [2.05, 4.69) is 11.1 Å². The van der Waals surface area contributed by atoms with E-state index in [-0.39, 0.29) is 0 Å². The maximum atomic E-state index is 11.7. The smallest absolute Gasteiger partial charge is 0.155 e. The zero-order chi connectivity index (χ0) is 19.0. The van der Waals surface area contributed by atoms with Crippen molar-refractivity contribution < 1.29 is 13.5 Å². The lowest BCUT2D eigenvalue weighted by Crippen LogP contribution is -2.06. The van der Waals surface area contributed by atoms with E-state index in [1.807, 2.05) is 53.2 Å². The number of rotatable bonds is 4. The van der Waals surface area contributed by atoms with Crippen LogP contribution in [0.15, 0.2) is 78.2 Å². The summed E-state index contributed by atoms with van der Waals surface area (Å²) in [5.41, 5.74) is 5.01. The summed E-state index contributed by atoms with van der Waals surface area (Å²) in [6.07, 6.45) is 6.79. The number of ether oxygens (including phenoxy) is 1. The Morgan fingerprint density at radius 2 is 1.67 bits per heavy atom. The number of hydrogen-bond donors (Lipinski definition) is 0. The number of methoxy groups -OCH3 is 1. The van der Waals surface area contributed by atoms with E-state index >= 15 is 0 Å². The molecule has 0 amide bonds. The molecule has 0 spiro atoms. The van der Waals surface area contributed by atoms with Crippen molar-refractivity contribution in [3.63, 3.8) is 0 Å². The van der Waals surface area contributed by atoms with Crippen LogP contribution in [0.3, 0.4) is 0 Å². The molecule has 2 aromatic heterocycles. The maximum Gasteiger partial charge on any atom is 0.155 e. The zero-order valence-electron chi connectivity index (χ0n) is 15.0. The van der Waals surface area contributed by atoms with Gasteiger partial charge in [-0.05, 0) is 59.2 Å². The Kier molecular flexibility index (Phi) is 4.30. The minimum atomic E-state index is -3.21. The van der Waals surface area contributed by atoms with Gasteiger partial charge in [0.15, 0.2) is 4.90 Å². The molecule has 0 saturated carbocycles. The number of hydrogen-bond acceptors (Lipinski definition) is 4. The number of sulfone groups is 1. The largest absolute Gasteiger partial charge is 0.610 e. The number of nitrogens with zero attached hydrogens (tertiary/aromatic N) is 2. The summed E-state index contributed by atoms with van der Waals surface area (Å²) in [7, 11) is -1.57. The summed E-state index contributed by atoms with van der Waals surface area (Å²) in [6.45, 7) is 0. The predicted molar refractivity (Wildman–Crippen MR) is 106 cm³/mol. The Hall–Kier alpha value is -2.96. The van der Waals surface area contributed by atoms with Gasteiger partial charge >= 0.3 is 0 Å². The van der Waals surface area contributed by atoms with Crippen molar-refractivity contribution in [3.05, 3.63) is 73.3 Å². The molecule has 0 N–H and O–H groups in total. The summed E-state index contributed by atoms with van der Waals surface area (Å²) in [5.74, 6) is 0.802. The first kappa shape index (κ1) is 17.5. The number of pyridine rings is 1. The molecule has 0 aliphatic carbocycles. The minimum absolute atomic E-state index is 0.310. The average molecular weight is 378 g/mol. The highest BCUT2D eigenvalue weighted by molar-refractivity contribution is 7.97. The second-order valence-corrected chi connectivity index (χ2v) is 8.37. The van der Waals surface area contributed by atoms with Crippen molar-refractivity contribution >= 4 is 15.7 Å². The van der Waals surface area contributed by atoms with Crippen LogP contribution < -0.4 is 4.74 Å². The molecule has 0 bridgehead atoms. The van der Waals surface area contributed by atoms with E-state index in [4.69, 9.17) is 4.74 Å². The molecule has 5 nitrogen and oxygen atoms in total. The van der Waals surface area contributed by atoms with Crippen molar-refractivity contribution in [2.45, 2.75) is 4.90 Å². The first-order chi connectivity index (χ1) is 13.0. The lowest BCUT2D eigenvalue weighted by molar-refractivity contribution is 0.415. The molecule has 1 unspecified atom stereocenters. The fraction of sp³-hybridized carbons (Fsp3) is 0.0952. The third kappa shape index (κ3) is 3.37. The quantitative estimate of drug-likeness (QED) is 0.497. The monoisotopic (exact) mass is 378 g/mol. The van der Waals surface area contributed by atoms with Crippen LogP contribution in [0.4, 0.5) is 0 Å². The van der Waals surface area contributed by atoms with Gasteiger partial charge in [0, 0.05) is 11.8 Å². The van der Waals surface area contributed by atoms with E-state index in [1.54, 1.807) is 25.6 Å². The van der Waals surface area contributed by atoms with Gasteiger partial charge in [-0.1, -0.05) is 12.1 Å². The van der Waals surface area contributed by atoms with Gasteiger partial charge in [0.1, 0.15) is 12.0 Å². The second kappa shape index (κ2) is 6.64. The summed E-state index contributed by atoms with van der Waals surface area (Å²) in [5, 5.41) is 0. The number of benzene rings is 2. The van der Waals surface area contributed by atoms with Gasteiger partial charge in [0.05, 0.1) is 35.4 Å². The molecule has 0 radical (unpaired) electrons. The van der Waals surface area contributed by atoms with Gasteiger partial charge in [0.25, 0.3) is 0 Å². The van der Waals surface area contributed by atoms with Crippen molar-refractivity contribution in [3.8, 4) is 28.0 Å². The van der Waals surface area contributed by atoms with E-state index in [1.165, 1.54) is 6.26 Å². The molecule has 0 aliphatic rings. The predicted octanol–water partition coefficient (Wildman–Crippen LogP) is 4.30. The Bertz CT molecular complexity index is 1140. The summed E-state index contributed by atoms with van der Waals surface area (Å²) >= 11 is 0. The van der Waals surface area contributed by atoms with Gasteiger partial charge in [-0.25, -0.2) is 4.98 Å². The molecule has 0 fully saturated rings. The first-order valence-electron chi connectivity index (χ1n) is 8.36. The van der Waals surface area contributed by atoms with Crippen molar-refractivity contribution in [1.29, 1.82) is 0 Å². The molecular formula is C21H18N2O3S. The van der Waals surface area contributed by atoms with Crippen LogP contribution in [0, 0.1) is 0 Å². The Balaban J connectivity index is 1.84. The van der Waals surface area contributed by atoms with Crippen LogP contribution in [-0.4, -0.2) is 27.3 Å². The molecule has 4 rings (SSSR count).